The molecule has 2 amide bonds. The lowest BCUT2D eigenvalue weighted by molar-refractivity contribution is -0.124. The Kier molecular flexibility index (Phi) is 4.71. The van der Waals surface area contributed by atoms with Crippen LogP contribution in [-0.2, 0) is 4.79 Å². The highest BCUT2D eigenvalue weighted by molar-refractivity contribution is 8.18. The summed E-state index contributed by atoms with van der Waals surface area (Å²) in [6.45, 7) is 6.34. The van der Waals surface area contributed by atoms with Gasteiger partial charge in [-0.3, -0.25) is 14.5 Å². The molecule has 7 heteroatoms. The molecule has 0 radical (unpaired) electrons. The number of ether oxygens (including phenoxy) is 3. The van der Waals surface area contributed by atoms with Crippen LogP contribution in [0.2, 0.25) is 0 Å². The predicted molar refractivity (Wildman–Crippen MR) is 91.3 cm³/mol. The van der Waals surface area contributed by atoms with E-state index in [4.69, 9.17) is 14.2 Å². The van der Waals surface area contributed by atoms with Gasteiger partial charge in [-0.1, -0.05) is 6.92 Å². The molecule has 2 aliphatic heterocycles. The van der Waals surface area contributed by atoms with Crippen LogP contribution in [0.15, 0.2) is 17.0 Å². The third-order valence-electron chi connectivity index (χ3n) is 3.95. The Bertz CT molecular complexity index is 715. The van der Waals surface area contributed by atoms with Gasteiger partial charge in [0.05, 0.1) is 11.5 Å². The van der Waals surface area contributed by atoms with Crippen molar-refractivity contribution in [2.45, 2.75) is 33.2 Å². The van der Waals surface area contributed by atoms with Crippen LogP contribution < -0.4 is 14.2 Å². The second kappa shape index (κ2) is 6.76. The van der Waals surface area contributed by atoms with Crippen molar-refractivity contribution in [1.82, 2.24) is 4.90 Å². The fourth-order valence-electron chi connectivity index (χ4n) is 2.52. The molecule has 1 atom stereocenters. The van der Waals surface area contributed by atoms with Crippen LogP contribution in [0.4, 0.5) is 4.79 Å². The van der Waals surface area contributed by atoms with E-state index < -0.39 is 0 Å². The highest BCUT2D eigenvalue weighted by Gasteiger charge is 2.37. The van der Waals surface area contributed by atoms with Gasteiger partial charge in [0.2, 0.25) is 6.79 Å². The van der Waals surface area contributed by atoms with Gasteiger partial charge in [0, 0.05) is 17.7 Å². The molecule has 1 saturated heterocycles. The number of amides is 2. The van der Waals surface area contributed by atoms with Crippen molar-refractivity contribution in [2.75, 3.05) is 13.4 Å². The summed E-state index contributed by atoms with van der Waals surface area (Å²) in [4.78, 5) is 26.4. The third kappa shape index (κ3) is 2.96. The number of nitrogens with zero attached hydrogens (tertiary/aromatic N) is 1. The van der Waals surface area contributed by atoms with Crippen molar-refractivity contribution in [3.05, 3.63) is 22.6 Å². The molecule has 0 aliphatic carbocycles. The minimum absolute atomic E-state index is 0.119. The molecular weight excluding hydrogens is 330 g/mol. The standard InChI is InChI=1S/C17H19NO5S/c1-4-10(3)18-16(19)15(24-17(18)20)7-11-6-13-14(23-9-22-13)8-12(11)21-5-2/h6-8,10H,4-5,9H2,1-3H3/b15-7+/t10-/m1/s1. The van der Waals surface area contributed by atoms with Crippen LogP contribution in [0.5, 0.6) is 17.2 Å². The number of hydrogen-bond donors (Lipinski definition) is 0. The smallest absolute Gasteiger partial charge is 0.293 e. The third-order valence-corrected chi connectivity index (χ3v) is 4.83. The van der Waals surface area contributed by atoms with E-state index in [-0.39, 0.29) is 24.0 Å². The first-order valence-corrected chi connectivity index (χ1v) is 8.70. The van der Waals surface area contributed by atoms with Crippen LogP contribution in [0.1, 0.15) is 32.8 Å². The number of carbonyl (C=O) groups excluding carboxylic acids is 2. The summed E-state index contributed by atoms with van der Waals surface area (Å²) in [6, 6.07) is 3.40. The fourth-order valence-corrected chi connectivity index (χ4v) is 3.44. The molecule has 2 heterocycles. The molecule has 0 bridgehead atoms. The highest BCUT2D eigenvalue weighted by Crippen LogP contribution is 2.41. The molecule has 0 N–H and O–H groups in total. The van der Waals surface area contributed by atoms with E-state index >= 15 is 0 Å². The zero-order valence-electron chi connectivity index (χ0n) is 13.8. The van der Waals surface area contributed by atoms with E-state index in [0.29, 0.717) is 34.3 Å². The Labute approximate surface area is 144 Å². The van der Waals surface area contributed by atoms with Crippen molar-refractivity contribution in [3.8, 4) is 17.2 Å². The molecule has 2 aliphatic rings. The Morgan fingerprint density at radius 2 is 2.00 bits per heavy atom. The molecule has 0 aromatic heterocycles. The maximum atomic E-state index is 12.5. The lowest BCUT2D eigenvalue weighted by Gasteiger charge is -2.19. The SMILES string of the molecule is CCOc1cc2c(cc1/C=C1/SC(=O)N([C@H](C)CC)C1=O)OCO2. The summed E-state index contributed by atoms with van der Waals surface area (Å²) in [5, 5.41) is -0.237. The Hall–Kier alpha value is -2.15. The maximum Gasteiger partial charge on any atom is 0.293 e. The summed E-state index contributed by atoms with van der Waals surface area (Å²) in [5.74, 6) is 1.55. The van der Waals surface area contributed by atoms with Crippen LogP contribution in [0.3, 0.4) is 0 Å². The number of rotatable bonds is 5. The lowest BCUT2D eigenvalue weighted by atomic mass is 10.1. The normalized spacial score (nSPS) is 19.3. The molecule has 0 spiro atoms. The summed E-state index contributed by atoms with van der Waals surface area (Å²) in [6.07, 6.45) is 2.40. The van der Waals surface area contributed by atoms with Gasteiger partial charge in [0.25, 0.3) is 11.1 Å². The zero-order valence-corrected chi connectivity index (χ0v) is 14.6. The average Bonchev–Trinajstić information content (AvgIpc) is 3.11. The van der Waals surface area contributed by atoms with E-state index in [1.54, 1.807) is 18.2 Å². The second-order valence-electron chi connectivity index (χ2n) is 5.49. The molecule has 128 valence electrons. The maximum absolute atomic E-state index is 12.5. The fraction of sp³-hybridized carbons (Fsp3) is 0.412. The summed E-state index contributed by atoms with van der Waals surface area (Å²) in [7, 11) is 0. The quantitative estimate of drug-likeness (QED) is 0.756. The van der Waals surface area contributed by atoms with E-state index in [9.17, 15) is 9.59 Å². The van der Waals surface area contributed by atoms with Gasteiger partial charge in [-0.2, -0.15) is 0 Å². The van der Waals surface area contributed by atoms with Crippen molar-refractivity contribution in [1.29, 1.82) is 0 Å². The van der Waals surface area contributed by atoms with Crippen molar-refractivity contribution < 1.29 is 23.8 Å². The minimum atomic E-state index is -0.264. The first kappa shape index (κ1) is 16.7. The minimum Gasteiger partial charge on any atom is -0.493 e. The monoisotopic (exact) mass is 349 g/mol. The van der Waals surface area contributed by atoms with E-state index in [2.05, 4.69) is 0 Å². The van der Waals surface area contributed by atoms with Gasteiger partial charge in [0.15, 0.2) is 11.5 Å². The lowest BCUT2D eigenvalue weighted by Crippen LogP contribution is -2.36. The molecule has 24 heavy (non-hydrogen) atoms. The topological polar surface area (TPSA) is 65.1 Å². The summed E-state index contributed by atoms with van der Waals surface area (Å²) < 4.78 is 16.4. The van der Waals surface area contributed by atoms with E-state index in [1.807, 2.05) is 20.8 Å². The first-order chi connectivity index (χ1) is 11.5. The van der Waals surface area contributed by atoms with Crippen molar-refractivity contribution in [2.24, 2.45) is 0 Å². The largest absolute Gasteiger partial charge is 0.493 e. The first-order valence-electron chi connectivity index (χ1n) is 7.88. The van der Waals surface area contributed by atoms with Gasteiger partial charge in [-0.25, -0.2) is 0 Å². The number of fused-ring (bicyclic) bond motifs is 1. The number of carbonyl (C=O) groups is 2. The molecule has 3 rings (SSSR count). The van der Waals surface area contributed by atoms with Crippen LogP contribution in [0, 0.1) is 0 Å². The number of benzene rings is 1. The highest BCUT2D eigenvalue weighted by atomic mass is 32.2. The molecule has 1 aromatic carbocycles. The van der Waals surface area contributed by atoms with Crippen LogP contribution >= 0.6 is 11.8 Å². The zero-order chi connectivity index (χ0) is 17.3. The molecular formula is C17H19NO5S. The number of thioether (sulfide) groups is 1. The van der Waals surface area contributed by atoms with Crippen LogP contribution in [0.25, 0.3) is 6.08 Å². The molecule has 0 unspecified atom stereocenters. The Morgan fingerprint density at radius 1 is 1.29 bits per heavy atom. The average molecular weight is 349 g/mol. The molecule has 1 aromatic rings. The molecule has 6 nitrogen and oxygen atoms in total. The van der Waals surface area contributed by atoms with Gasteiger partial charge < -0.3 is 14.2 Å². The number of hydrogen-bond acceptors (Lipinski definition) is 6. The van der Waals surface area contributed by atoms with Gasteiger partial charge in [0.1, 0.15) is 5.75 Å². The Balaban J connectivity index is 1.96. The Morgan fingerprint density at radius 3 is 2.67 bits per heavy atom. The predicted octanol–water partition coefficient (Wildman–Crippen LogP) is 3.65. The van der Waals surface area contributed by atoms with Crippen LogP contribution in [-0.4, -0.2) is 35.5 Å². The molecule has 0 saturated carbocycles. The van der Waals surface area contributed by atoms with Crippen molar-refractivity contribution >= 4 is 29.0 Å². The van der Waals surface area contributed by atoms with Gasteiger partial charge >= 0.3 is 0 Å². The van der Waals surface area contributed by atoms with E-state index in [1.165, 1.54) is 4.90 Å². The molecule has 1 fully saturated rings. The van der Waals surface area contributed by atoms with Crippen molar-refractivity contribution in [3.63, 3.8) is 0 Å². The van der Waals surface area contributed by atoms with Gasteiger partial charge in [-0.05, 0) is 44.2 Å². The number of imide groups is 1. The van der Waals surface area contributed by atoms with Gasteiger partial charge in [-0.15, -0.1) is 0 Å². The summed E-state index contributed by atoms with van der Waals surface area (Å²) in [5.41, 5.74) is 0.691. The summed E-state index contributed by atoms with van der Waals surface area (Å²) >= 11 is 0.951. The van der Waals surface area contributed by atoms with E-state index in [0.717, 1.165) is 18.2 Å². The second-order valence-corrected chi connectivity index (χ2v) is 6.48.